The number of hydrogen-bond donors (Lipinski definition) is 1. The molecule has 1 N–H and O–H groups in total. The minimum Gasteiger partial charge on any atom is -0.314 e. The number of hydrogen-bond acceptors (Lipinski definition) is 2. The summed E-state index contributed by atoms with van der Waals surface area (Å²) in [5.41, 5.74) is 2.36. The van der Waals surface area contributed by atoms with Crippen LogP contribution in [0.1, 0.15) is 37.3 Å². The molecule has 3 atom stereocenters. The number of rotatable bonds is 4. The third-order valence-electron chi connectivity index (χ3n) is 3.74. The van der Waals surface area contributed by atoms with Gasteiger partial charge in [-0.15, -0.1) is 0 Å². The van der Waals surface area contributed by atoms with Crippen molar-refractivity contribution in [1.29, 1.82) is 0 Å². The van der Waals surface area contributed by atoms with Crippen LogP contribution in [0.2, 0.25) is 0 Å². The summed E-state index contributed by atoms with van der Waals surface area (Å²) in [5.74, 6) is 0. The minimum absolute atomic E-state index is 0.328. The maximum atomic E-state index is 12.7. The molecule has 1 fully saturated rings. The third kappa shape index (κ3) is 3.01. The molecule has 1 aromatic rings. The molecule has 0 bridgehead atoms. The molecule has 0 saturated heterocycles. The summed E-state index contributed by atoms with van der Waals surface area (Å²) in [7, 11) is -0.845. The first-order chi connectivity index (χ1) is 8.61. The predicted octanol–water partition coefficient (Wildman–Crippen LogP) is 2.94. The fraction of sp³-hybridized carbons (Fsp3) is 0.600. The molecule has 2 rings (SSSR count). The van der Waals surface area contributed by atoms with Gasteiger partial charge < -0.3 is 5.32 Å². The van der Waals surface area contributed by atoms with E-state index in [4.69, 9.17) is 0 Å². The molecule has 0 spiro atoms. The van der Waals surface area contributed by atoms with E-state index in [9.17, 15) is 4.21 Å². The normalized spacial score (nSPS) is 25.3. The van der Waals surface area contributed by atoms with E-state index < -0.39 is 10.8 Å². The Morgan fingerprint density at radius 1 is 1.33 bits per heavy atom. The van der Waals surface area contributed by atoms with Crippen LogP contribution in [0.3, 0.4) is 0 Å². The summed E-state index contributed by atoms with van der Waals surface area (Å²) in [4.78, 5) is 1.04. The summed E-state index contributed by atoms with van der Waals surface area (Å²) in [6, 6.07) is 6.83. The Labute approximate surface area is 113 Å². The second-order valence-corrected chi connectivity index (χ2v) is 6.96. The average molecular weight is 265 g/mol. The topological polar surface area (TPSA) is 29.1 Å². The van der Waals surface area contributed by atoms with E-state index in [1.54, 1.807) is 0 Å². The second-order valence-electron chi connectivity index (χ2n) is 5.26. The summed E-state index contributed by atoms with van der Waals surface area (Å²) < 4.78 is 12.7. The Kier molecular flexibility index (Phi) is 4.57. The fourth-order valence-electron chi connectivity index (χ4n) is 2.71. The van der Waals surface area contributed by atoms with Crippen LogP contribution in [0.5, 0.6) is 0 Å². The van der Waals surface area contributed by atoms with Gasteiger partial charge in [0.05, 0.1) is 10.8 Å². The number of aryl methyl sites for hydroxylation is 2. The highest BCUT2D eigenvalue weighted by molar-refractivity contribution is 7.85. The molecule has 1 saturated carbocycles. The van der Waals surface area contributed by atoms with Crippen LogP contribution in [0.4, 0.5) is 0 Å². The van der Waals surface area contributed by atoms with Crippen LogP contribution in [-0.2, 0) is 10.8 Å². The zero-order valence-electron chi connectivity index (χ0n) is 11.5. The Morgan fingerprint density at radius 2 is 2.11 bits per heavy atom. The molecule has 3 unspecified atom stereocenters. The molecule has 0 amide bonds. The first-order valence-electron chi connectivity index (χ1n) is 6.83. The fourth-order valence-corrected chi connectivity index (χ4v) is 4.52. The lowest BCUT2D eigenvalue weighted by molar-refractivity contribution is 0.542. The highest BCUT2D eigenvalue weighted by Crippen LogP contribution is 2.29. The smallest absolute Gasteiger partial charge is 0.0564 e. The lowest BCUT2D eigenvalue weighted by atomic mass is 10.2. The number of benzene rings is 1. The van der Waals surface area contributed by atoms with Crippen LogP contribution < -0.4 is 5.32 Å². The monoisotopic (exact) mass is 265 g/mol. The van der Waals surface area contributed by atoms with Gasteiger partial charge in [-0.3, -0.25) is 4.21 Å². The first-order valence-corrected chi connectivity index (χ1v) is 8.04. The van der Waals surface area contributed by atoms with Gasteiger partial charge in [-0.2, -0.15) is 0 Å². The standard InChI is InChI=1S/C15H23NOS/c1-4-16-13-7-8-14(10-13)18(17)15-9-11(2)5-6-12(15)3/h5-6,9,13-14,16H,4,7-8,10H2,1-3H3. The number of nitrogens with one attached hydrogen (secondary N) is 1. The lowest BCUT2D eigenvalue weighted by Crippen LogP contribution is -2.27. The Morgan fingerprint density at radius 3 is 2.83 bits per heavy atom. The van der Waals surface area contributed by atoms with E-state index in [0.29, 0.717) is 11.3 Å². The molecule has 1 aromatic carbocycles. The van der Waals surface area contributed by atoms with E-state index >= 15 is 0 Å². The quantitative estimate of drug-likeness (QED) is 0.907. The van der Waals surface area contributed by atoms with Crippen LogP contribution in [-0.4, -0.2) is 22.0 Å². The molecule has 0 radical (unpaired) electrons. The van der Waals surface area contributed by atoms with Gasteiger partial charge in [-0.05, 0) is 56.8 Å². The van der Waals surface area contributed by atoms with Gasteiger partial charge in [-0.25, -0.2) is 0 Å². The average Bonchev–Trinajstić information content (AvgIpc) is 2.80. The van der Waals surface area contributed by atoms with E-state index in [0.717, 1.165) is 36.3 Å². The van der Waals surface area contributed by atoms with Crippen LogP contribution in [0.15, 0.2) is 23.1 Å². The molecule has 100 valence electrons. The third-order valence-corrected chi connectivity index (χ3v) is 5.65. The van der Waals surface area contributed by atoms with Gasteiger partial charge in [0.1, 0.15) is 0 Å². The highest BCUT2D eigenvalue weighted by atomic mass is 32.2. The van der Waals surface area contributed by atoms with E-state index in [2.05, 4.69) is 44.3 Å². The van der Waals surface area contributed by atoms with E-state index in [1.807, 2.05) is 0 Å². The summed E-state index contributed by atoms with van der Waals surface area (Å²) >= 11 is 0. The molecular formula is C15H23NOS. The summed E-state index contributed by atoms with van der Waals surface area (Å²) in [6.07, 6.45) is 3.29. The molecule has 2 nitrogen and oxygen atoms in total. The van der Waals surface area contributed by atoms with Crippen molar-refractivity contribution in [2.45, 2.75) is 56.2 Å². The summed E-state index contributed by atoms with van der Waals surface area (Å²) in [6.45, 7) is 7.27. The summed E-state index contributed by atoms with van der Waals surface area (Å²) in [5, 5.41) is 3.80. The van der Waals surface area contributed by atoms with Crippen molar-refractivity contribution >= 4 is 10.8 Å². The van der Waals surface area contributed by atoms with Gasteiger partial charge in [0, 0.05) is 16.2 Å². The molecule has 0 heterocycles. The zero-order chi connectivity index (χ0) is 13.1. The zero-order valence-corrected chi connectivity index (χ0v) is 12.3. The predicted molar refractivity (Wildman–Crippen MR) is 77.4 cm³/mol. The Bertz CT molecular complexity index is 444. The molecular weight excluding hydrogens is 242 g/mol. The minimum atomic E-state index is -0.845. The molecule has 3 heteroatoms. The largest absolute Gasteiger partial charge is 0.314 e. The molecule has 1 aliphatic rings. The van der Waals surface area contributed by atoms with Crippen molar-refractivity contribution in [3.05, 3.63) is 29.3 Å². The molecule has 0 aliphatic heterocycles. The molecule has 1 aliphatic carbocycles. The van der Waals surface area contributed by atoms with E-state index in [-0.39, 0.29) is 0 Å². The Hall–Kier alpha value is -0.670. The van der Waals surface area contributed by atoms with E-state index in [1.165, 1.54) is 5.56 Å². The van der Waals surface area contributed by atoms with Crippen molar-refractivity contribution < 1.29 is 4.21 Å². The lowest BCUT2D eigenvalue weighted by Gasteiger charge is -2.14. The maximum absolute atomic E-state index is 12.7. The van der Waals surface area contributed by atoms with Crippen molar-refractivity contribution in [2.75, 3.05) is 6.54 Å². The van der Waals surface area contributed by atoms with Gasteiger partial charge in [0.2, 0.25) is 0 Å². The van der Waals surface area contributed by atoms with Crippen molar-refractivity contribution in [1.82, 2.24) is 5.32 Å². The van der Waals surface area contributed by atoms with Gasteiger partial charge >= 0.3 is 0 Å². The molecule has 18 heavy (non-hydrogen) atoms. The Balaban J connectivity index is 2.10. The van der Waals surface area contributed by atoms with Gasteiger partial charge in [0.25, 0.3) is 0 Å². The molecule has 0 aromatic heterocycles. The SMILES string of the molecule is CCNC1CCC(S(=O)c2cc(C)ccc2C)C1. The van der Waals surface area contributed by atoms with Gasteiger partial charge in [-0.1, -0.05) is 19.1 Å². The van der Waals surface area contributed by atoms with Crippen molar-refractivity contribution in [3.8, 4) is 0 Å². The van der Waals surface area contributed by atoms with Crippen LogP contribution >= 0.6 is 0 Å². The maximum Gasteiger partial charge on any atom is 0.0564 e. The van der Waals surface area contributed by atoms with Crippen LogP contribution in [0.25, 0.3) is 0 Å². The first kappa shape index (κ1) is 13.8. The van der Waals surface area contributed by atoms with Gasteiger partial charge in [0.15, 0.2) is 0 Å². The van der Waals surface area contributed by atoms with Crippen LogP contribution in [0, 0.1) is 13.8 Å². The van der Waals surface area contributed by atoms with Crippen molar-refractivity contribution in [2.24, 2.45) is 0 Å². The van der Waals surface area contributed by atoms with Crippen molar-refractivity contribution in [3.63, 3.8) is 0 Å². The highest BCUT2D eigenvalue weighted by Gasteiger charge is 2.29. The second kappa shape index (κ2) is 5.98.